The fourth-order valence-electron chi connectivity index (χ4n) is 2.58. The number of likely N-dealkylation sites (tertiary alicyclic amines) is 1. The van der Waals surface area contributed by atoms with Crippen molar-refractivity contribution in [3.05, 3.63) is 35.9 Å². The summed E-state index contributed by atoms with van der Waals surface area (Å²) < 4.78 is 0. The summed E-state index contributed by atoms with van der Waals surface area (Å²) in [6.45, 7) is 3.50. The number of likely N-dealkylation sites (N-methyl/N-ethyl adjacent to an activating group) is 1. The standard InChI is InChI=1S/C16H22N2O2/c1-2-18-11-7-6-10-14(16(18)20)17-15(19)12-13-8-4-3-5-9-13/h3-5,8-9,14H,2,6-7,10-12H2,1H3,(H,17,19). The van der Waals surface area contributed by atoms with Crippen LogP contribution in [0, 0.1) is 0 Å². The minimum atomic E-state index is -0.353. The summed E-state index contributed by atoms with van der Waals surface area (Å²) in [5.41, 5.74) is 0.971. The Kier molecular flexibility index (Phi) is 5.16. The van der Waals surface area contributed by atoms with Crippen LogP contribution in [0.5, 0.6) is 0 Å². The Morgan fingerprint density at radius 1 is 1.30 bits per heavy atom. The Morgan fingerprint density at radius 3 is 2.75 bits per heavy atom. The van der Waals surface area contributed by atoms with E-state index in [0.717, 1.165) is 31.4 Å². The van der Waals surface area contributed by atoms with Crippen molar-refractivity contribution in [3.63, 3.8) is 0 Å². The molecule has 1 atom stereocenters. The van der Waals surface area contributed by atoms with Crippen molar-refractivity contribution in [2.24, 2.45) is 0 Å². The summed E-state index contributed by atoms with van der Waals surface area (Å²) in [5.74, 6) is -0.0149. The molecule has 0 aromatic heterocycles. The predicted octanol–water partition coefficient (Wildman–Crippen LogP) is 1.75. The molecule has 1 aliphatic rings. The van der Waals surface area contributed by atoms with E-state index in [1.807, 2.05) is 42.2 Å². The van der Waals surface area contributed by atoms with Crippen LogP contribution in [0.15, 0.2) is 30.3 Å². The second kappa shape index (κ2) is 7.08. The van der Waals surface area contributed by atoms with E-state index in [2.05, 4.69) is 5.32 Å². The Balaban J connectivity index is 1.94. The average Bonchev–Trinajstić information content (AvgIpc) is 2.62. The van der Waals surface area contributed by atoms with Gasteiger partial charge in [0.2, 0.25) is 11.8 Å². The number of carbonyl (C=O) groups excluding carboxylic acids is 2. The molecule has 0 aliphatic carbocycles. The lowest BCUT2D eigenvalue weighted by Gasteiger charge is -2.23. The third-order valence-electron chi connectivity index (χ3n) is 3.71. The number of amides is 2. The van der Waals surface area contributed by atoms with Crippen LogP contribution in [0.3, 0.4) is 0 Å². The van der Waals surface area contributed by atoms with E-state index in [4.69, 9.17) is 0 Å². The maximum absolute atomic E-state index is 12.3. The van der Waals surface area contributed by atoms with Crippen LogP contribution in [0.25, 0.3) is 0 Å². The highest BCUT2D eigenvalue weighted by Crippen LogP contribution is 2.12. The summed E-state index contributed by atoms with van der Waals surface area (Å²) in [7, 11) is 0. The molecule has 108 valence electrons. The van der Waals surface area contributed by atoms with E-state index in [-0.39, 0.29) is 17.9 Å². The van der Waals surface area contributed by atoms with Crippen LogP contribution in [-0.4, -0.2) is 35.8 Å². The average molecular weight is 274 g/mol. The smallest absolute Gasteiger partial charge is 0.245 e. The lowest BCUT2D eigenvalue weighted by molar-refractivity contribution is -0.135. The van der Waals surface area contributed by atoms with Gasteiger partial charge in [-0.2, -0.15) is 0 Å². The van der Waals surface area contributed by atoms with Gasteiger partial charge in [-0.1, -0.05) is 30.3 Å². The number of rotatable bonds is 4. The van der Waals surface area contributed by atoms with Crippen molar-refractivity contribution in [1.82, 2.24) is 10.2 Å². The van der Waals surface area contributed by atoms with Gasteiger partial charge >= 0.3 is 0 Å². The Labute approximate surface area is 120 Å². The molecule has 1 unspecified atom stereocenters. The van der Waals surface area contributed by atoms with Crippen LogP contribution < -0.4 is 5.32 Å². The van der Waals surface area contributed by atoms with Gasteiger partial charge < -0.3 is 10.2 Å². The van der Waals surface area contributed by atoms with E-state index < -0.39 is 0 Å². The first kappa shape index (κ1) is 14.6. The topological polar surface area (TPSA) is 49.4 Å². The van der Waals surface area contributed by atoms with Gasteiger partial charge in [0.1, 0.15) is 6.04 Å². The largest absolute Gasteiger partial charge is 0.344 e. The molecule has 2 amide bonds. The number of hydrogen-bond donors (Lipinski definition) is 1. The highest BCUT2D eigenvalue weighted by Gasteiger charge is 2.27. The van der Waals surface area contributed by atoms with Crippen molar-refractivity contribution < 1.29 is 9.59 Å². The van der Waals surface area contributed by atoms with Crippen molar-refractivity contribution in [3.8, 4) is 0 Å². The normalized spacial score (nSPS) is 19.6. The molecule has 4 nitrogen and oxygen atoms in total. The first-order valence-electron chi connectivity index (χ1n) is 7.32. The number of hydrogen-bond acceptors (Lipinski definition) is 2. The molecule has 0 saturated carbocycles. The maximum Gasteiger partial charge on any atom is 0.245 e. The van der Waals surface area contributed by atoms with Gasteiger partial charge in [0.05, 0.1) is 6.42 Å². The monoisotopic (exact) mass is 274 g/mol. The van der Waals surface area contributed by atoms with Gasteiger partial charge in [0.15, 0.2) is 0 Å². The molecule has 1 fully saturated rings. The molecule has 2 rings (SSSR count). The van der Waals surface area contributed by atoms with Crippen molar-refractivity contribution >= 4 is 11.8 Å². The molecule has 0 spiro atoms. The molecule has 1 heterocycles. The van der Waals surface area contributed by atoms with Crippen molar-refractivity contribution in [2.75, 3.05) is 13.1 Å². The van der Waals surface area contributed by atoms with Gasteiger partial charge in [-0.25, -0.2) is 0 Å². The molecule has 0 radical (unpaired) electrons. The van der Waals surface area contributed by atoms with Gasteiger partial charge in [-0.05, 0) is 31.7 Å². The minimum absolute atomic E-state index is 0.0615. The Hall–Kier alpha value is -1.84. The third-order valence-corrected chi connectivity index (χ3v) is 3.71. The van der Waals surface area contributed by atoms with E-state index in [1.165, 1.54) is 0 Å². The molecule has 1 saturated heterocycles. The van der Waals surface area contributed by atoms with Crippen LogP contribution in [0.2, 0.25) is 0 Å². The quantitative estimate of drug-likeness (QED) is 0.909. The lowest BCUT2D eigenvalue weighted by Crippen LogP contribution is -2.47. The highest BCUT2D eigenvalue weighted by molar-refractivity contribution is 5.88. The molecule has 1 N–H and O–H groups in total. The number of benzene rings is 1. The van der Waals surface area contributed by atoms with Crippen LogP contribution in [0.4, 0.5) is 0 Å². The number of nitrogens with one attached hydrogen (secondary N) is 1. The molecule has 4 heteroatoms. The van der Waals surface area contributed by atoms with E-state index in [0.29, 0.717) is 13.0 Å². The third kappa shape index (κ3) is 3.83. The summed E-state index contributed by atoms with van der Waals surface area (Å²) >= 11 is 0. The molecule has 20 heavy (non-hydrogen) atoms. The molecule has 0 bridgehead atoms. The van der Waals surface area contributed by atoms with E-state index >= 15 is 0 Å². The SMILES string of the molecule is CCN1CCCCC(NC(=O)Cc2ccccc2)C1=O. The molecule has 1 aromatic carbocycles. The van der Waals surface area contributed by atoms with Crippen LogP contribution in [-0.2, 0) is 16.0 Å². The summed E-state index contributed by atoms with van der Waals surface area (Å²) in [4.78, 5) is 26.2. The zero-order valence-electron chi connectivity index (χ0n) is 12.0. The lowest BCUT2D eigenvalue weighted by atomic mass is 10.1. The van der Waals surface area contributed by atoms with Gasteiger partial charge in [0, 0.05) is 13.1 Å². The minimum Gasteiger partial charge on any atom is -0.344 e. The second-order valence-electron chi connectivity index (χ2n) is 5.20. The first-order valence-corrected chi connectivity index (χ1v) is 7.32. The highest BCUT2D eigenvalue weighted by atomic mass is 16.2. The first-order chi connectivity index (χ1) is 9.70. The molecule has 1 aromatic rings. The Morgan fingerprint density at radius 2 is 2.05 bits per heavy atom. The van der Waals surface area contributed by atoms with Gasteiger partial charge in [-0.3, -0.25) is 9.59 Å². The molecular formula is C16H22N2O2. The molecule has 1 aliphatic heterocycles. The fourth-order valence-corrected chi connectivity index (χ4v) is 2.58. The maximum atomic E-state index is 12.3. The number of nitrogens with zero attached hydrogens (tertiary/aromatic N) is 1. The summed E-state index contributed by atoms with van der Waals surface area (Å²) in [6.07, 6.45) is 3.08. The summed E-state index contributed by atoms with van der Waals surface area (Å²) in [6, 6.07) is 9.25. The van der Waals surface area contributed by atoms with E-state index in [9.17, 15) is 9.59 Å². The predicted molar refractivity (Wildman–Crippen MR) is 78.2 cm³/mol. The fraction of sp³-hybridized carbons (Fsp3) is 0.500. The van der Waals surface area contributed by atoms with Crippen LogP contribution >= 0.6 is 0 Å². The van der Waals surface area contributed by atoms with Crippen molar-refractivity contribution in [2.45, 2.75) is 38.6 Å². The van der Waals surface area contributed by atoms with Gasteiger partial charge in [-0.15, -0.1) is 0 Å². The van der Waals surface area contributed by atoms with E-state index in [1.54, 1.807) is 0 Å². The Bertz CT molecular complexity index is 459. The van der Waals surface area contributed by atoms with Crippen LogP contribution in [0.1, 0.15) is 31.7 Å². The van der Waals surface area contributed by atoms with Gasteiger partial charge in [0.25, 0.3) is 0 Å². The van der Waals surface area contributed by atoms with Crippen molar-refractivity contribution in [1.29, 1.82) is 0 Å². The number of carbonyl (C=O) groups is 2. The second-order valence-corrected chi connectivity index (χ2v) is 5.20. The zero-order valence-corrected chi connectivity index (χ0v) is 12.0. The molecular weight excluding hydrogens is 252 g/mol. The zero-order chi connectivity index (χ0) is 14.4. The summed E-state index contributed by atoms with van der Waals surface area (Å²) in [5, 5.41) is 2.89.